The second kappa shape index (κ2) is 11.2. The van der Waals surface area contributed by atoms with Gasteiger partial charge in [-0.3, -0.25) is 10.1 Å². The van der Waals surface area contributed by atoms with Gasteiger partial charge in [-0.05, 0) is 90.9 Å². The standard InChI is InChI=1S/C29H21Cl2N3O3S/c1-2-17-6-9-26-24(12-17)33-28(37-26)18-4-3-5-22(15-18)32-29(38)34-27(35)11-8-23-7-10-25(36-23)19-13-20(30)16-21(31)14-19/h3-16H,2H2,1H3,(H2,32,34,35,38)/b11-8+. The molecular formula is C29H21Cl2N3O3S. The summed E-state index contributed by atoms with van der Waals surface area (Å²) in [6.07, 6.45) is 3.81. The number of carbonyl (C=O) groups excluding carboxylic acids is 1. The lowest BCUT2D eigenvalue weighted by Gasteiger charge is -2.08. The highest BCUT2D eigenvalue weighted by Gasteiger charge is 2.11. The van der Waals surface area contributed by atoms with Crippen LogP contribution in [0.2, 0.25) is 10.0 Å². The molecule has 0 spiro atoms. The van der Waals surface area contributed by atoms with Gasteiger partial charge in [-0.1, -0.05) is 42.3 Å². The van der Waals surface area contributed by atoms with E-state index in [0.29, 0.717) is 33.1 Å². The Morgan fingerprint density at radius 1 is 0.974 bits per heavy atom. The molecule has 0 aliphatic carbocycles. The molecule has 9 heteroatoms. The largest absolute Gasteiger partial charge is 0.457 e. The highest BCUT2D eigenvalue weighted by Crippen LogP contribution is 2.29. The zero-order valence-electron chi connectivity index (χ0n) is 20.1. The van der Waals surface area contributed by atoms with E-state index in [-0.39, 0.29) is 5.11 Å². The molecule has 38 heavy (non-hydrogen) atoms. The highest BCUT2D eigenvalue weighted by molar-refractivity contribution is 7.80. The SMILES string of the molecule is CCc1ccc2oc(-c3cccc(NC(=S)NC(=O)/C=C/c4ccc(-c5cc(Cl)cc(Cl)c5)o4)c3)nc2c1. The molecule has 2 N–H and O–H groups in total. The summed E-state index contributed by atoms with van der Waals surface area (Å²) in [6, 6.07) is 22.1. The van der Waals surface area contributed by atoms with Gasteiger partial charge in [0.2, 0.25) is 11.8 Å². The number of halogens is 2. The smallest absolute Gasteiger partial charge is 0.250 e. The predicted octanol–water partition coefficient (Wildman–Crippen LogP) is 8.15. The number of nitrogens with zero attached hydrogens (tertiary/aromatic N) is 1. The van der Waals surface area contributed by atoms with Crippen molar-refractivity contribution in [3.8, 4) is 22.8 Å². The number of fused-ring (bicyclic) bond motifs is 1. The van der Waals surface area contributed by atoms with E-state index < -0.39 is 5.91 Å². The Morgan fingerprint density at radius 2 is 1.79 bits per heavy atom. The summed E-state index contributed by atoms with van der Waals surface area (Å²) in [7, 11) is 0. The van der Waals surface area contributed by atoms with Gasteiger partial charge >= 0.3 is 0 Å². The zero-order chi connectivity index (χ0) is 26.6. The summed E-state index contributed by atoms with van der Waals surface area (Å²) in [5, 5.41) is 6.80. The minimum Gasteiger partial charge on any atom is -0.457 e. The van der Waals surface area contributed by atoms with E-state index in [1.54, 1.807) is 36.4 Å². The predicted molar refractivity (Wildman–Crippen MR) is 156 cm³/mol. The Labute approximate surface area is 234 Å². The first-order valence-corrected chi connectivity index (χ1v) is 12.9. The number of nitrogens with one attached hydrogen (secondary N) is 2. The van der Waals surface area contributed by atoms with Gasteiger partial charge in [0.25, 0.3) is 0 Å². The van der Waals surface area contributed by atoms with Gasteiger partial charge in [-0.2, -0.15) is 0 Å². The summed E-state index contributed by atoms with van der Waals surface area (Å²) >= 11 is 17.4. The van der Waals surface area contributed by atoms with Crippen LogP contribution in [0, 0.1) is 0 Å². The van der Waals surface area contributed by atoms with Gasteiger partial charge in [0, 0.05) is 32.9 Å². The Hall–Kier alpha value is -3.91. The van der Waals surface area contributed by atoms with Crippen LogP contribution in [0.3, 0.4) is 0 Å². The van der Waals surface area contributed by atoms with Crippen LogP contribution < -0.4 is 10.6 Å². The molecule has 190 valence electrons. The Balaban J connectivity index is 1.21. The van der Waals surface area contributed by atoms with E-state index in [2.05, 4.69) is 22.5 Å². The molecule has 2 heterocycles. The number of anilines is 1. The number of rotatable bonds is 6. The lowest BCUT2D eigenvalue weighted by molar-refractivity contribution is -0.115. The van der Waals surface area contributed by atoms with E-state index in [1.807, 2.05) is 42.5 Å². The van der Waals surface area contributed by atoms with Crippen molar-refractivity contribution in [2.24, 2.45) is 0 Å². The van der Waals surface area contributed by atoms with Crippen molar-refractivity contribution in [1.82, 2.24) is 10.3 Å². The first kappa shape index (κ1) is 25.7. The average molecular weight is 562 g/mol. The number of aryl methyl sites for hydroxylation is 1. The summed E-state index contributed by atoms with van der Waals surface area (Å²) in [5.41, 5.74) is 4.94. The van der Waals surface area contributed by atoms with E-state index in [4.69, 9.17) is 44.3 Å². The number of oxazole rings is 1. The molecule has 1 amide bonds. The van der Waals surface area contributed by atoms with Crippen molar-refractivity contribution in [2.75, 3.05) is 5.32 Å². The quantitative estimate of drug-likeness (QED) is 0.161. The van der Waals surface area contributed by atoms with Gasteiger partial charge in [0.05, 0.1) is 0 Å². The maximum Gasteiger partial charge on any atom is 0.250 e. The molecule has 5 rings (SSSR count). The molecule has 0 radical (unpaired) electrons. The van der Waals surface area contributed by atoms with E-state index in [1.165, 1.54) is 11.6 Å². The fourth-order valence-corrected chi connectivity index (χ4v) is 4.56. The number of thiocarbonyl (C=S) groups is 1. The molecule has 0 saturated carbocycles. The fraction of sp³-hybridized carbons (Fsp3) is 0.0690. The lowest BCUT2D eigenvalue weighted by Crippen LogP contribution is -2.32. The number of amides is 1. The topological polar surface area (TPSA) is 80.3 Å². The van der Waals surface area contributed by atoms with Crippen LogP contribution in [0.15, 0.2) is 87.7 Å². The van der Waals surface area contributed by atoms with E-state index in [9.17, 15) is 4.79 Å². The van der Waals surface area contributed by atoms with Gasteiger partial charge in [-0.25, -0.2) is 4.98 Å². The van der Waals surface area contributed by atoms with Crippen LogP contribution >= 0.6 is 35.4 Å². The van der Waals surface area contributed by atoms with Gasteiger partial charge in [0.15, 0.2) is 10.7 Å². The molecule has 0 unspecified atom stereocenters. The number of carbonyl (C=O) groups is 1. The molecule has 0 aliphatic rings. The maximum absolute atomic E-state index is 12.4. The number of benzene rings is 3. The molecule has 3 aromatic carbocycles. The molecule has 0 fully saturated rings. The first-order valence-electron chi connectivity index (χ1n) is 11.7. The fourth-order valence-electron chi connectivity index (χ4n) is 3.81. The summed E-state index contributed by atoms with van der Waals surface area (Å²) in [5.74, 6) is 1.17. The lowest BCUT2D eigenvalue weighted by atomic mass is 10.1. The van der Waals surface area contributed by atoms with Crippen LogP contribution in [-0.4, -0.2) is 16.0 Å². The Morgan fingerprint density at radius 3 is 2.58 bits per heavy atom. The van der Waals surface area contributed by atoms with Crippen molar-refractivity contribution >= 4 is 69.3 Å². The van der Waals surface area contributed by atoms with Crippen molar-refractivity contribution in [1.29, 1.82) is 0 Å². The summed E-state index contributed by atoms with van der Waals surface area (Å²) < 4.78 is 11.7. The van der Waals surface area contributed by atoms with Crippen molar-refractivity contribution in [3.63, 3.8) is 0 Å². The first-order chi connectivity index (χ1) is 18.4. The highest BCUT2D eigenvalue weighted by atomic mass is 35.5. The minimum atomic E-state index is -0.409. The molecule has 0 bridgehead atoms. The second-order valence-electron chi connectivity index (χ2n) is 8.39. The Kier molecular flexibility index (Phi) is 7.60. The third kappa shape index (κ3) is 6.14. The molecule has 0 atom stereocenters. The van der Waals surface area contributed by atoms with Crippen LogP contribution in [0.25, 0.3) is 40.0 Å². The summed E-state index contributed by atoms with van der Waals surface area (Å²) in [4.78, 5) is 17.0. The van der Waals surface area contributed by atoms with Gasteiger partial charge in [0.1, 0.15) is 17.0 Å². The number of furan rings is 1. The number of hydrogen-bond donors (Lipinski definition) is 2. The molecule has 5 aromatic rings. The van der Waals surface area contributed by atoms with Crippen LogP contribution in [0.5, 0.6) is 0 Å². The van der Waals surface area contributed by atoms with Gasteiger partial charge in [-0.15, -0.1) is 0 Å². The van der Waals surface area contributed by atoms with Crippen LogP contribution in [-0.2, 0) is 11.2 Å². The number of hydrogen-bond acceptors (Lipinski definition) is 5. The molecule has 6 nitrogen and oxygen atoms in total. The van der Waals surface area contributed by atoms with Gasteiger partial charge < -0.3 is 14.2 Å². The van der Waals surface area contributed by atoms with E-state index >= 15 is 0 Å². The van der Waals surface area contributed by atoms with Crippen molar-refractivity contribution in [3.05, 3.63) is 100 Å². The summed E-state index contributed by atoms with van der Waals surface area (Å²) in [6.45, 7) is 2.10. The van der Waals surface area contributed by atoms with Crippen LogP contribution in [0.1, 0.15) is 18.2 Å². The normalized spacial score (nSPS) is 11.2. The monoisotopic (exact) mass is 561 g/mol. The van der Waals surface area contributed by atoms with Crippen molar-refractivity contribution in [2.45, 2.75) is 13.3 Å². The molecule has 0 aliphatic heterocycles. The third-order valence-electron chi connectivity index (χ3n) is 5.64. The third-order valence-corrected chi connectivity index (χ3v) is 6.28. The molecule has 0 saturated heterocycles. The second-order valence-corrected chi connectivity index (χ2v) is 9.67. The Bertz CT molecular complexity index is 1670. The number of aromatic nitrogens is 1. The van der Waals surface area contributed by atoms with Crippen molar-refractivity contribution < 1.29 is 13.6 Å². The van der Waals surface area contributed by atoms with E-state index in [0.717, 1.165) is 28.6 Å². The van der Waals surface area contributed by atoms with Crippen LogP contribution in [0.4, 0.5) is 5.69 Å². The maximum atomic E-state index is 12.4. The molecule has 2 aromatic heterocycles. The zero-order valence-corrected chi connectivity index (χ0v) is 22.5. The average Bonchev–Trinajstić information content (AvgIpc) is 3.54. The molecular weight excluding hydrogens is 541 g/mol. The minimum absolute atomic E-state index is 0.149.